The normalized spacial score (nSPS) is 14.4. The minimum atomic E-state index is -0.101. The number of methoxy groups -OCH3 is 1. The number of aromatic amines is 1. The molecule has 1 N–H and O–H groups in total. The van der Waals surface area contributed by atoms with Gasteiger partial charge in [0.2, 0.25) is 0 Å². The maximum atomic E-state index is 12.7. The number of rotatable bonds is 4. The average Bonchev–Trinajstić information content (AvgIpc) is 3.06. The SMILES string of the molecule is COc1cc(C=C(Cl)c2nc3sc4c(c3c(=O)[nH]2)CCCC4)ccc1SC. The molecule has 140 valence electrons. The Morgan fingerprint density at radius 2 is 2.19 bits per heavy atom. The van der Waals surface area contributed by atoms with E-state index in [-0.39, 0.29) is 5.56 Å². The van der Waals surface area contributed by atoms with Gasteiger partial charge in [-0.3, -0.25) is 4.79 Å². The van der Waals surface area contributed by atoms with Gasteiger partial charge < -0.3 is 9.72 Å². The lowest BCUT2D eigenvalue weighted by Gasteiger charge is -2.09. The molecule has 0 saturated carbocycles. The number of thiophene rings is 1. The summed E-state index contributed by atoms with van der Waals surface area (Å²) < 4.78 is 5.42. The standard InChI is InChI=1S/C20H19ClN2O2S2/c1-25-14-10-11(7-8-16(14)26-2)9-13(21)18-22-19(24)17-12-5-3-4-6-15(12)27-20(17)23-18/h7-10H,3-6H2,1-2H3,(H,22,23,24). The number of H-pyrrole nitrogens is 1. The van der Waals surface area contributed by atoms with Gasteiger partial charge in [-0.15, -0.1) is 23.1 Å². The lowest BCUT2D eigenvalue weighted by molar-refractivity contribution is 0.405. The van der Waals surface area contributed by atoms with E-state index >= 15 is 0 Å². The summed E-state index contributed by atoms with van der Waals surface area (Å²) in [6.45, 7) is 0. The summed E-state index contributed by atoms with van der Waals surface area (Å²) >= 11 is 9.74. The Labute approximate surface area is 170 Å². The first-order valence-electron chi connectivity index (χ1n) is 8.75. The number of hydrogen-bond donors (Lipinski definition) is 1. The molecule has 0 radical (unpaired) electrons. The van der Waals surface area contributed by atoms with Crippen LogP contribution < -0.4 is 10.3 Å². The van der Waals surface area contributed by atoms with E-state index in [1.165, 1.54) is 16.9 Å². The Bertz CT molecular complexity index is 1100. The summed E-state index contributed by atoms with van der Waals surface area (Å²) in [4.78, 5) is 23.3. The highest BCUT2D eigenvalue weighted by Gasteiger charge is 2.20. The number of hydrogen-bond acceptors (Lipinski definition) is 5. The molecule has 7 heteroatoms. The van der Waals surface area contributed by atoms with E-state index in [0.29, 0.717) is 10.9 Å². The molecule has 0 spiro atoms. The molecule has 4 rings (SSSR count). The van der Waals surface area contributed by atoms with Gasteiger partial charge in [-0.2, -0.15) is 0 Å². The zero-order valence-corrected chi connectivity index (χ0v) is 17.5. The minimum Gasteiger partial charge on any atom is -0.496 e. The smallest absolute Gasteiger partial charge is 0.260 e. The van der Waals surface area contributed by atoms with Gasteiger partial charge in [-0.1, -0.05) is 17.7 Å². The predicted octanol–water partition coefficient (Wildman–Crippen LogP) is 5.33. The maximum Gasteiger partial charge on any atom is 0.260 e. The van der Waals surface area contributed by atoms with E-state index in [9.17, 15) is 4.79 Å². The highest BCUT2D eigenvalue weighted by atomic mass is 35.5. The van der Waals surface area contributed by atoms with Crippen molar-refractivity contribution in [3.05, 3.63) is 50.4 Å². The molecule has 27 heavy (non-hydrogen) atoms. The largest absolute Gasteiger partial charge is 0.496 e. The molecule has 3 aromatic rings. The van der Waals surface area contributed by atoms with Gasteiger partial charge in [0.1, 0.15) is 10.6 Å². The van der Waals surface area contributed by atoms with Crippen LogP contribution in [0.15, 0.2) is 27.9 Å². The minimum absolute atomic E-state index is 0.101. The summed E-state index contributed by atoms with van der Waals surface area (Å²) in [7, 11) is 1.65. The first-order chi connectivity index (χ1) is 13.1. The van der Waals surface area contributed by atoms with Crippen molar-refractivity contribution in [2.24, 2.45) is 0 Å². The van der Waals surface area contributed by atoms with Gasteiger partial charge in [0, 0.05) is 9.77 Å². The quantitative estimate of drug-likeness (QED) is 0.581. The van der Waals surface area contributed by atoms with Crippen molar-refractivity contribution >= 4 is 56.0 Å². The first-order valence-corrected chi connectivity index (χ1v) is 11.2. The van der Waals surface area contributed by atoms with Crippen LogP contribution >= 0.6 is 34.7 Å². The van der Waals surface area contributed by atoms with Crippen molar-refractivity contribution < 1.29 is 4.74 Å². The molecule has 0 saturated heterocycles. The summed E-state index contributed by atoms with van der Waals surface area (Å²) in [5.41, 5.74) is 1.97. The van der Waals surface area contributed by atoms with Crippen molar-refractivity contribution in [2.45, 2.75) is 30.6 Å². The van der Waals surface area contributed by atoms with Crippen LogP contribution in [0.25, 0.3) is 21.3 Å². The molecule has 0 fully saturated rings. The Morgan fingerprint density at radius 1 is 1.37 bits per heavy atom. The zero-order valence-electron chi connectivity index (χ0n) is 15.1. The number of aryl methyl sites for hydroxylation is 2. The van der Waals surface area contributed by atoms with Gasteiger partial charge >= 0.3 is 0 Å². The van der Waals surface area contributed by atoms with Crippen LogP contribution in [-0.4, -0.2) is 23.3 Å². The molecule has 2 heterocycles. The fourth-order valence-electron chi connectivity index (χ4n) is 3.43. The number of thioether (sulfide) groups is 1. The fourth-order valence-corrected chi connectivity index (χ4v) is 5.46. The van der Waals surface area contributed by atoms with E-state index in [1.807, 2.05) is 24.5 Å². The molecule has 2 aromatic heterocycles. The second kappa shape index (κ2) is 7.70. The molecule has 1 aliphatic rings. The average molecular weight is 419 g/mol. The summed E-state index contributed by atoms with van der Waals surface area (Å²) in [5.74, 6) is 1.20. The van der Waals surface area contributed by atoms with Crippen LogP contribution in [0.5, 0.6) is 5.75 Å². The highest BCUT2D eigenvalue weighted by Crippen LogP contribution is 2.34. The summed E-state index contributed by atoms with van der Waals surface area (Å²) in [6.07, 6.45) is 8.12. The van der Waals surface area contributed by atoms with Crippen molar-refractivity contribution in [1.29, 1.82) is 0 Å². The Balaban J connectivity index is 1.75. The van der Waals surface area contributed by atoms with Crippen LogP contribution in [0.3, 0.4) is 0 Å². The first kappa shape index (κ1) is 18.6. The van der Waals surface area contributed by atoms with Crippen LogP contribution in [0.4, 0.5) is 0 Å². The zero-order chi connectivity index (χ0) is 19.0. The highest BCUT2D eigenvalue weighted by molar-refractivity contribution is 7.98. The van der Waals surface area contributed by atoms with Gasteiger partial charge in [0.15, 0.2) is 5.82 Å². The lowest BCUT2D eigenvalue weighted by atomic mass is 9.97. The Morgan fingerprint density at radius 3 is 2.96 bits per heavy atom. The Kier molecular flexibility index (Phi) is 5.30. The van der Waals surface area contributed by atoms with Crippen LogP contribution in [0.1, 0.15) is 34.7 Å². The molecular weight excluding hydrogens is 400 g/mol. The summed E-state index contributed by atoms with van der Waals surface area (Å²) in [6, 6.07) is 5.89. The molecule has 0 aliphatic heterocycles. The predicted molar refractivity (Wildman–Crippen MR) is 115 cm³/mol. The van der Waals surface area contributed by atoms with Gasteiger partial charge in [0.05, 0.1) is 17.5 Å². The number of nitrogens with zero attached hydrogens (tertiary/aromatic N) is 1. The van der Waals surface area contributed by atoms with Crippen molar-refractivity contribution in [3.8, 4) is 5.75 Å². The third kappa shape index (κ3) is 3.53. The molecule has 0 bridgehead atoms. The number of fused-ring (bicyclic) bond motifs is 3. The second-order valence-corrected chi connectivity index (χ2v) is 8.75. The van der Waals surface area contributed by atoms with E-state index in [1.54, 1.807) is 36.3 Å². The van der Waals surface area contributed by atoms with E-state index < -0.39 is 0 Å². The molecule has 1 aliphatic carbocycles. The topological polar surface area (TPSA) is 55.0 Å². The molecule has 1 aromatic carbocycles. The molecule has 4 nitrogen and oxygen atoms in total. The van der Waals surface area contributed by atoms with Gasteiger partial charge in [0.25, 0.3) is 5.56 Å². The van der Waals surface area contributed by atoms with Crippen LogP contribution in [0.2, 0.25) is 0 Å². The molecular formula is C20H19ClN2O2S2. The second-order valence-electron chi connectivity index (χ2n) is 6.41. The van der Waals surface area contributed by atoms with Crippen molar-refractivity contribution in [1.82, 2.24) is 9.97 Å². The van der Waals surface area contributed by atoms with Gasteiger partial charge in [-0.05, 0) is 61.3 Å². The molecule has 0 atom stereocenters. The third-order valence-corrected chi connectivity index (χ3v) is 7.00. The maximum absolute atomic E-state index is 12.7. The van der Waals surface area contributed by atoms with E-state index in [2.05, 4.69) is 9.97 Å². The monoisotopic (exact) mass is 418 g/mol. The van der Waals surface area contributed by atoms with Crippen molar-refractivity contribution in [2.75, 3.05) is 13.4 Å². The fraction of sp³-hybridized carbons (Fsp3) is 0.300. The lowest BCUT2D eigenvalue weighted by Crippen LogP contribution is -2.12. The number of aromatic nitrogens is 2. The van der Waals surface area contributed by atoms with Crippen LogP contribution in [0, 0.1) is 0 Å². The van der Waals surface area contributed by atoms with E-state index in [4.69, 9.17) is 16.3 Å². The number of ether oxygens (including phenoxy) is 1. The summed E-state index contributed by atoms with van der Waals surface area (Å²) in [5, 5.41) is 1.15. The Hall–Kier alpha value is -1.76. The number of benzene rings is 1. The number of halogens is 1. The van der Waals surface area contributed by atoms with E-state index in [0.717, 1.165) is 45.7 Å². The molecule has 0 unspecified atom stereocenters. The third-order valence-electron chi connectivity index (χ3n) is 4.75. The number of nitrogens with one attached hydrogen (secondary N) is 1. The van der Waals surface area contributed by atoms with Crippen molar-refractivity contribution in [3.63, 3.8) is 0 Å². The van der Waals surface area contributed by atoms with Gasteiger partial charge in [-0.25, -0.2) is 4.98 Å². The molecule has 0 amide bonds. The van der Waals surface area contributed by atoms with Crippen LogP contribution in [-0.2, 0) is 12.8 Å².